The normalized spacial score (nSPS) is 17.4. The summed E-state index contributed by atoms with van der Waals surface area (Å²) in [6.07, 6.45) is 0.948. The van der Waals surface area contributed by atoms with Gasteiger partial charge >= 0.3 is 0 Å². The van der Waals surface area contributed by atoms with Gasteiger partial charge in [-0.25, -0.2) is 0 Å². The average molecular weight is 330 g/mol. The van der Waals surface area contributed by atoms with Crippen molar-refractivity contribution in [1.29, 1.82) is 0 Å². The van der Waals surface area contributed by atoms with E-state index in [4.69, 9.17) is 0 Å². The van der Waals surface area contributed by atoms with Crippen LogP contribution in [0.25, 0.3) is 0 Å². The van der Waals surface area contributed by atoms with Crippen LogP contribution in [0.3, 0.4) is 0 Å². The van der Waals surface area contributed by atoms with E-state index in [2.05, 4.69) is 51.8 Å². The number of carbonyl (C=O) groups excluding carboxylic acids is 1. The molecular formula is C12H15IN2O. The molecule has 0 aromatic heterocycles. The Morgan fingerprint density at radius 2 is 1.88 bits per heavy atom. The lowest BCUT2D eigenvalue weighted by Gasteiger charge is -2.32. The van der Waals surface area contributed by atoms with Crippen molar-refractivity contribution in [2.24, 2.45) is 0 Å². The molecule has 0 aliphatic carbocycles. The predicted molar refractivity (Wildman–Crippen MR) is 72.1 cm³/mol. The summed E-state index contributed by atoms with van der Waals surface area (Å²) in [6.45, 7) is 4.65. The van der Waals surface area contributed by atoms with E-state index in [0.29, 0.717) is 0 Å². The topological polar surface area (TPSA) is 23.6 Å². The average Bonchev–Trinajstić information content (AvgIpc) is 2.33. The lowest BCUT2D eigenvalue weighted by atomic mass is 10.2. The highest BCUT2D eigenvalue weighted by molar-refractivity contribution is 14.1. The van der Waals surface area contributed by atoms with Gasteiger partial charge in [-0.15, -0.1) is 0 Å². The zero-order valence-corrected chi connectivity index (χ0v) is 11.3. The fraction of sp³-hybridized carbons (Fsp3) is 0.417. The monoisotopic (exact) mass is 330 g/mol. The standard InChI is InChI=1S/C12H15IN2O/c13-12-4-2-1-3-11(12)9-14-5-7-15(10-16)8-6-14/h1-4,10H,5-9H2. The van der Waals surface area contributed by atoms with Gasteiger partial charge in [0.2, 0.25) is 6.41 Å². The molecule has 1 heterocycles. The lowest BCUT2D eigenvalue weighted by molar-refractivity contribution is -0.119. The Kier molecular flexibility index (Phi) is 4.17. The third-order valence-electron chi connectivity index (χ3n) is 2.91. The van der Waals surface area contributed by atoms with Crippen LogP contribution in [0, 0.1) is 3.57 Å². The van der Waals surface area contributed by atoms with Gasteiger partial charge in [0.1, 0.15) is 0 Å². The van der Waals surface area contributed by atoms with Crippen molar-refractivity contribution >= 4 is 29.0 Å². The van der Waals surface area contributed by atoms with Gasteiger partial charge in [-0.05, 0) is 34.2 Å². The maximum atomic E-state index is 10.6. The summed E-state index contributed by atoms with van der Waals surface area (Å²) in [5, 5.41) is 0. The second-order valence-electron chi connectivity index (χ2n) is 4.01. The van der Waals surface area contributed by atoms with Gasteiger partial charge in [-0.3, -0.25) is 9.69 Å². The van der Waals surface area contributed by atoms with Crippen LogP contribution in [-0.4, -0.2) is 42.4 Å². The Morgan fingerprint density at radius 1 is 1.19 bits per heavy atom. The second kappa shape index (κ2) is 5.63. The SMILES string of the molecule is O=CN1CCN(Cc2ccccc2I)CC1. The van der Waals surface area contributed by atoms with Crippen LogP contribution in [0.4, 0.5) is 0 Å². The van der Waals surface area contributed by atoms with Crippen LogP contribution in [-0.2, 0) is 11.3 Å². The third kappa shape index (κ3) is 2.95. The molecule has 0 atom stereocenters. The van der Waals surface area contributed by atoms with Gasteiger partial charge in [-0.1, -0.05) is 18.2 Å². The number of hydrogen-bond donors (Lipinski definition) is 0. The van der Waals surface area contributed by atoms with Gasteiger partial charge in [0.05, 0.1) is 0 Å². The minimum atomic E-state index is 0.854. The van der Waals surface area contributed by atoms with Crippen LogP contribution in [0.1, 0.15) is 5.56 Å². The van der Waals surface area contributed by atoms with Crippen molar-refractivity contribution in [3.63, 3.8) is 0 Å². The summed E-state index contributed by atoms with van der Waals surface area (Å²) in [5.41, 5.74) is 1.38. The molecule has 0 saturated carbocycles. The highest BCUT2D eigenvalue weighted by Gasteiger charge is 2.15. The van der Waals surface area contributed by atoms with Crippen LogP contribution >= 0.6 is 22.6 Å². The number of rotatable bonds is 3. The van der Waals surface area contributed by atoms with Gasteiger partial charge < -0.3 is 4.90 Å². The maximum Gasteiger partial charge on any atom is 0.209 e. The molecule has 1 aliphatic rings. The molecule has 4 heteroatoms. The van der Waals surface area contributed by atoms with Crippen molar-refractivity contribution in [1.82, 2.24) is 9.80 Å². The van der Waals surface area contributed by atoms with Crippen molar-refractivity contribution < 1.29 is 4.79 Å². The molecule has 0 N–H and O–H groups in total. The molecule has 0 bridgehead atoms. The zero-order valence-electron chi connectivity index (χ0n) is 9.10. The molecule has 0 radical (unpaired) electrons. The molecule has 16 heavy (non-hydrogen) atoms. The number of amides is 1. The number of carbonyl (C=O) groups is 1. The summed E-state index contributed by atoms with van der Waals surface area (Å²) >= 11 is 2.37. The lowest BCUT2D eigenvalue weighted by Crippen LogP contribution is -2.45. The van der Waals surface area contributed by atoms with Gasteiger partial charge in [-0.2, -0.15) is 0 Å². The summed E-state index contributed by atoms with van der Waals surface area (Å²) in [7, 11) is 0. The van der Waals surface area contributed by atoms with Crippen LogP contribution < -0.4 is 0 Å². The Bertz CT molecular complexity index is 362. The van der Waals surface area contributed by atoms with Crippen molar-refractivity contribution in [3.05, 3.63) is 33.4 Å². The number of piperazine rings is 1. The molecule has 0 spiro atoms. The van der Waals surface area contributed by atoms with Crippen molar-refractivity contribution in [2.75, 3.05) is 26.2 Å². The summed E-state index contributed by atoms with van der Waals surface area (Å²) in [4.78, 5) is 14.8. The van der Waals surface area contributed by atoms with Crippen LogP contribution in [0.15, 0.2) is 24.3 Å². The molecule has 1 saturated heterocycles. The first-order valence-corrected chi connectivity index (χ1v) is 6.52. The van der Waals surface area contributed by atoms with E-state index in [1.165, 1.54) is 9.13 Å². The van der Waals surface area contributed by atoms with Gasteiger partial charge in [0.25, 0.3) is 0 Å². The molecule has 86 valence electrons. The number of halogens is 1. The molecule has 1 fully saturated rings. The fourth-order valence-electron chi connectivity index (χ4n) is 1.89. The molecule has 1 aromatic carbocycles. The summed E-state index contributed by atoms with van der Waals surface area (Å²) < 4.78 is 1.32. The molecule has 2 rings (SSSR count). The minimum Gasteiger partial charge on any atom is -0.343 e. The molecule has 3 nitrogen and oxygen atoms in total. The number of hydrogen-bond acceptors (Lipinski definition) is 2. The Hall–Kier alpha value is -0.620. The van der Waals surface area contributed by atoms with E-state index in [0.717, 1.165) is 39.1 Å². The van der Waals surface area contributed by atoms with E-state index in [1.54, 1.807) is 0 Å². The van der Waals surface area contributed by atoms with Gasteiger partial charge in [0, 0.05) is 36.3 Å². The minimum absolute atomic E-state index is 0.854. The quantitative estimate of drug-likeness (QED) is 0.620. The van der Waals surface area contributed by atoms with Crippen molar-refractivity contribution in [3.8, 4) is 0 Å². The maximum absolute atomic E-state index is 10.6. The first-order chi connectivity index (χ1) is 7.79. The van der Waals surface area contributed by atoms with Crippen LogP contribution in [0.2, 0.25) is 0 Å². The molecule has 0 unspecified atom stereocenters. The zero-order chi connectivity index (χ0) is 11.4. The number of benzene rings is 1. The summed E-state index contributed by atoms with van der Waals surface area (Å²) in [6, 6.07) is 8.46. The van der Waals surface area contributed by atoms with E-state index in [9.17, 15) is 4.79 Å². The highest BCUT2D eigenvalue weighted by Crippen LogP contribution is 2.14. The van der Waals surface area contributed by atoms with E-state index >= 15 is 0 Å². The predicted octanol–water partition coefficient (Wildman–Crippen LogP) is 1.57. The number of nitrogens with zero attached hydrogens (tertiary/aromatic N) is 2. The third-order valence-corrected chi connectivity index (χ3v) is 3.96. The fourth-order valence-corrected chi connectivity index (χ4v) is 2.45. The highest BCUT2D eigenvalue weighted by atomic mass is 127. The first-order valence-electron chi connectivity index (χ1n) is 5.44. The first kappa shape index (κ1) is 11.9. The Morgan fingerprint density at radius 3 is 2.50 bits per heavy atom. The molecule has 1 amide bonds. The molecule has 1 aliphatic heterocycles. The van der Waals surface area contributed by atoms with Gasteiger partial charge in [0.15, 0.2) is 0 Å². The largest absolute Gasteiger partial charge is 0.343 e. The summed E-state index contributed by atoms with van der Waals surface area (Å²) in [5.74, 6) is 0. The van der Waals surface area contributed by atoms with Crippen LogP contribution in [0.5, 0.6) is 0 Å². The van der Waals surface area contributed by atoms with Crippen molar-refractivity contribution in [2.45, 2.75) is 6.54 Å². The van der Waals surface area contributed by atoms with E-state index in [-0.39, 0.29) is 0 Å². The molecular weight excluding hydrogens is 315 g/mol. The smallest absolute Gasteiger partial charge is 0.209 e. The second-order valence-corrected chi connectivity index (χ2v) is 5.17. The Balaban J connectivity index is 1.92. The molecule has 1 aromatic rings. The van der Waals surface area contributed by atoms with E-state index in [1.807, 2.05) is 4.90 Å². The Labute approximate surface area is 110 Å². The van der Waals surface area contributed by atoms with E-state index < -0.39 is 0 Å².